The third kappa shape index (κ3) is 1.44. The molecule has 6 nitrogen and oxygen atoms in total. The van der Waals surface area contributed by atoms with Crippen LogP contribution < -0.4 is 9.47 Å². The highest BCUT2D eigenvalue weighted by molar-refractivity contribution is 5.78. The minimum Gasteiger partial charge on any atom is -0.454 e. The molecule has 0 N–H and O–H groups in total. The molecule has 2 heterocycles. The first-order valence-corrected chi connectivity index (χ1v) is 5.54. The van der Waals surface area contributed by atoms with Crippen LogP contribution in [-0.4, -0.2) is 36.2 Å². The average Bonchev–Trinajstić information content (AvgIpc) is 2.95. The summed E-state index contributed by atoms with van der Waals surface area (Å²) in [6, 6.07) is 5.16. The first-order chi connectivity index (χ1) is 8.70. The molecule has 2 aliphatic rings. The molecule has 92 valence electrons. The lowest BCUT2D eigenvalue weighted by Crippen LogP contribution is -2.26. The number of hydrogen-bond acceptors (Lipinski definition) is 4. The Hall–Kier alpha value is -2.42. The van der Waals surface area contributed by atoms with Crippen molar-refractivity contribution in [3.8, 4) is 17.7 Å². The van der Waals surface area contributed by atoms with Crippen LogP contribution in [0.4, 0.5) is 4.79 Å². The van der Waals surface area contributed by atoms with Crippen LogP contribution in [-0.2, 0) is 0 Å². The average molecular weight is 245 g/mol. The van der Waals surface area contributed by atoms with E-state index in [0.717, 1.165) is 10.5 Å². The predicted molar refractivity (Wildman–Crippen MR) is 60.8 cm³/mol. The molecular weight excluding hydrogens is 234 g/mol. The highest BCUT2D eigenvalue weighted by atomic mass is 16.7. The molecule has 1 aromatic carbocycles. The van der Waals surface area contributed by atoms with Crippen LogP contribution in [0.3, 0.4) is 0 Å². The molecule has 1 unspecified atom stereocenters. The zero-order valence-electron chi connectivity index (χ0n) is 9.79. The molecule has 0 radical (unpaired) electrons. The van der Waals surface area contributed by atoms with Crippen LogP contribution in [0.5, 0.6) is 11.5 Å². The lowest BCUT2D eigenvalue weighted by atomic mass is 10.1. The van der Waals surface area contributed by atoms with Gasteiger partial charge in [-0.15, -0.1) is 0 Å². The van der Waals surface area contributed by atoms with E-state index in [0.29, 0.717) is 18.0 Å². The number of carbonyl (C=O) groups is 1. The first-order valence-electron chi connectivity index (χ1n) is 5.54. The van der Waals surface area contributed by atoms with Crippen molar-refractivity contribution >= 4 is 6.03 Å². The smallest absolute Gasteiger partial charge is 0.333 e. The van der Waals surface area contributed by atoms with E-state index in [2.05, 4.69) is 0 Å². The van der Waals surface area contributed by atoms with Gasteiger partial charge in [-0.2, -0.15) is 5.26 Å². The van der Waals surface area contributed by atoms with E-state index in [-0.39, 0.29) is 18.9 Å². The number of ether oxygens (including phenoxy) is 2. The Labute approximate surface area is 104 Å². The maximum atomic E-state index is 11.7. The molecule has 6 heteroatoms. The van der Waals surface area contributed by atoms with Gasteiger partial charge in [0.25, 0.3) is 0 Å². The largest absolute Gasteiger partial charge is 0.454 e. The van der Waals surface area contributed by atoms with Crippen molar-refractivity contribution in [2.24, 2.45) is 0 Å². The fourth-order valence-electron chi connectivity index (χ4n) is 2.23. The zero-order chi connectivity index (χ0) is 12.7. The summed E-state index contributed by atoms with van der Waals surface area (Å²) in [4.78, 5) is 14.4. The van der Waals surface area contributed by atoms with Crippen LogP contribution in [0, 0.1) is 11.5 Å². The van der Waals surface area contributed by atoms with Gasteiger partial charge in [0.2, 0.25) is 6.79 Å². The summed E-state index contributed by atoms with van der Waals surface area (Å²) in [5, 5.41) is 8.86. The van der Waals surface area contributed by atoms with Gasteiger partial charge in [0.1, 0.15) is 0 Å². The molecule has 0 saturated carbocycles. The Balaban J connectivity index is 1.92. The highest BCUT2D eigenvalue weighted by Gasteiger charge is 2.36. The van der Waals surface area contributed by atoms with E-state index in [9.17, 15) is 4.79 Å². The summed E-state index contributed by atoms with van der Waals surface area (Å²) in [6.45, 7) is 0.591. The maximum absolute atomic E-state index is 11.7. The molecule has 18 heavy (non-hydrogen) atoms. The van der Waals surface area contributed by atoms with Gasteiger partial charge in [0, 0.05) is 7.05 Å². The SMILES string of the molecule is CN1C(=O)N(C#N)CC1c1ccc2c(c1)OCO2. The fourth-order valence-corrected chi connectivity index (χ4v) is 2.23. The van der Waals surface area contributed by atoms with E-state index < -0.39 is 0 Å². The second kappa shape index (κ2) is 3.81. The summed E-state index contributed by atoms with van der Waals surface area (Å²) in [5.74, 6) is 1.40. The maximum Gasteiger partial charge on any atom is 0.333 e. The number of hydrogen-bond donors (Lipinski definition) is 0. The summed E-state index contributed by atoms with van der Waals surface area (Å²) < 4.78 is 10.6. The third-order valence-electron chi connectivity index (χ3n) is 3.26. The van der Waals surface area contributed by atoms with Crippen LogP contribution in [0.2, 0.25) is 0 Å². The second-order valence-electron chi connectivity index (χ2n) is 4.23. The van der Waals surface area contributed by atoms with E-state index >= 15 is 0 Å². The number of amides is 2. The summed E-state index contributed by atoms with van der Waals surface area (Å²) in [7, 11) is 1.69. The summed E-state index contributed by atoms with van der Waals surface area (Å²) in [5.41, 5.74) is 0.938. The molecule has 1 atom stereocenters. The van der Waals surface area contributed by atoms with Crippen molar-refractivity contribution in [3.63, 3.8) is 0 Å². The molecule has 2 amide bonds. The first kappa shape index (κ1) is 10.7. The molecule has 1 aromatic rings. The van der Waals surface area contributed by atoms with Crippen LogP contribution in [0.25, 0.3) is 0 Å². The van der Waals surface area contributed by atoms with Gasteiger partial charge >= 0.3 is 6.03 Å². The van der Waals surface area contributed by atoms with Gasteiger partial charge in [0.05, 0.1) is 12.6 Å². The van der Waals surface area contributed by atoms with E-state index in [1.54, 1.807) is 11.9 Å². The minimum atomic E-state index is -0.278. The summed E-state index contributed by atoms with van der Waals surface area (Å²) in [6.07, 6.45) is 1.88. The van der Waals surface area contributed by atoms with E-state index in [1.165, 1.54) is 0 Å². The molecular formula is C12H11N3O3. The molecule has 3 rings (SSSR count). The van der Waals surface area contributed by atoms with E-state index in [4.69, 9.17) is 14.7 Å². The van der Waals surface area contributed by atoms with Crippen molar-refractivity contribution < 1.29 is 14.3 Å². The predicted octanol–water partition coefficient (Wildman–Crippen LogP) is 1.30. The van der Waals surface area contributed by atoms with Crippen molar-refractivity contribution in [3.05, 3.63) is 23.8 Å². The summed E-state index contributed by atoms with van der Waals surface area (Å²) >= 11 is 0. The van der Waals surface area contributed by atoms with E-state index in [1.807, 2.05) is 24.4 Å². The molecule has 0 aliphatic carbocycles. The van der Waals surface area contributed by atoms with Crippen molar-refractivity contribution in [1.29, 1.82) is 5.26 Å². The number of likely N-dealkylation sites (N-methyl/N-ethyl adjacent to an activating group) is 1. The number of nitrogens with zero attached hydrogens (tertiary/aromatic N) is 3. The number of carbonyl (C=O) groups excluding carboxylic acids is 1. The molecule has 1 saturated heterocycles. The zero-order valence-corrected chi connectivity index (χ0v) is 9.79. The third-order valence-corrected chi connectivity index (χ3v) is 3.26. The number of fused-ring (bicyclic) bond motifs is 1. The van der Waals surface area contributed by atoms with Crippen LogP contribution >= 0.6 is 0 Å². The Morgan fingerprint density at radius 3 is 2.89 bits per heavy atom. The lowest BCUT2D eigenvalue weighted by Gasteiger charge is -2.18. The number of rotatable bonds is 1. The van der Waals surface area contributed by atoms with Gasteiger partial charge in [-0.3, -0.25) is 0 Å². The van der Waals surface area contributed by atoms with Gasteiger partial charge in [0.15, 0.2) is 17.7 Å². The van der Waals surface area contributed by atoms with Crippen molar-refractivity contribution in [1.82, 2.24) is 9.80 Å². The molecule has 1 fully saturated rings. The fraction of sp³-hybridized carbons (Fsp3) is 0.333. The normalized spacial score (nSPS) is 21.3. The Kier molecular flexibility index (Phi) is 2.27. The Morgan fingerprint density at radius 2 is 2.17 bits per heavy atom. The molecule has 0 bridgehead atoms. The van der Waals surface area contributed by atoms with Crippen molar-refractivity contribution in [2.75, 3.05) is 20.4 Å². The monoisotopic (exact) mass is 245 g/mol. The number of nitriles is 1. The Morgan fingerprint density at radius 1 is 1.39 bits per heavy atom. The van der Waals surface area contributed by atoms with Gasteiger partial charge < -0.3 is 14.4 Å². The highest BCUT2D eigenvalue weighted by Crippen LogP contribution is 2.36. The standard InChI is InChI=1S/C12H11N3O3/c1-14-9(5-15(6-13)12(14)16)8-2-3-10-11(4-8)18-7-17-10/h2-4,9H,5,7H2,1H3. The quantitative estimate of drug-likeness (QED) is 0.699. The Bertz CT molecular complexity index is 552. The molecule has 2 aliphatic heterocycles. The number of urea groups is 1. The van der Waals surface area contributed by atoms with Crippen LogP contribution in [0.1, 0.15) is 11.6 Å². The topological polar surface area (TPSA) is 65.8 Å². The van der Waals surface area contributed by atoms with Gasteiger partial charge in [-0.05, 0) is 17.7 Å². The van der Waals surface area contributed by atoms with Crippen LogP contribution in [0.15, 0.2) is 18.2 Å². The van der Waals surface area contributed by atoms with Gasteiger partial charge in [-0.25, -0.2) is 9.69 Å². The molecule has 0 aromatic heterocycles. The molecule has 0 spiro atoms. The van der Waals surface area contributed by atoms with Crippen molar-refractivity contribution in [2.45, 2.75) is 6.04 Å². The second-order valence-corrected chi connectivity index (χ2v) is 4.23. The van der Waals surface area contributed by atoms with Gasteiger partial charge in [-0.1, -0.05) is 6.07 Å². The lowest BCUT2D eigenvalue weighted by molar-refractivity contribution is 0.174. The number of benzene rings is 1. The minimum absolute atomic E-state index is 0.133.